The normalized spacial score (nSPS) is 12.0. The average Bonchev–Trinajstić information content (AvgIpc) is 2.87. The number of hydrogen-bond donors (Lipinski definition) is 6. The highest BCUT2D eigenvalue weighted by Gasteiger charge is 2.23. The number of nitrogens with zero attached hydrogens (tertiary/aromatic N) is 11. The Kier molecular flexibility index (Phi) is 22.1. The van der Waals surface area contributed by atoms with Crippen LogP contribution in [0.25, 0.3) is 38.3 Å². The Morgan fingerprint density at radius 1 is 0.833 bits per heavy atom. The van der Waals surface area contributed by atoms with Crippen LogP contribution in [0.2, 0.25) is 5.02 Å². The van der Waals surface area contributed by atoms with Crippen LogP contribution in [0, 0.1) is 25.1 Å². The van der Waals surface area contributed by atoms with Crippen LogP contribution in [0.15, 0.2) is 78.1 Å². The van der Waals surface area contributed by atoms with E-state index >= 15 is 4.39 Å². The van der Waals surface area contributed by atoms with Gasteiger partial charge in [-0.05, 0) is 75.1 Å². The Morgan fingerprint density at radius 3 is 2.26 bits per heavy atom. The Bertz CT molecular complexity index is 3630. The first kappa shape index (κ1) is 61.1. The fourth-order valence-corrected chi connectivity index (χ4v) is 8.31. The highest BCUT2D eigenvalue weighted by molar-refractivity contribution is 6.35. The van der Waals surface area contributed by atoms with Crippen molar-refractivity contribution in [2.75, 3.05) is 82.4 Å². The van der Waals surface area contributed by atoms with Crippen molar-refractivity contribution in [2.45, 2.75) is 64.9 Å². The molecule has 0 aliphatic rings. The molecule has 0 aliphatic carbocycles. The van der Waals surface area contributed by atoms with Gasteiger partial charge in [0.25, 0.3) is 11.5 Å². The number of aromatic nitrogens is 11. The summed E-state index contributed by atoms with van der Waals surface area (Å²) in [6, 6.07) is 9.89. The van der Waals surface area contributed by atoms with Crippen molar-refractivity contribution in [1.29, 1.82) is 0 Å². The molecular weight excluding hydrogens is 1120 g/mol. The van der Waals surface area contributed by atoms with E-state index in [4.69, 9.17) is 52.3 Å². The largest absolute Gasteiger partial charge is 0.480 e. The van der Waals surface area contributed by atoms with Gasteiger partial charge in [-0.2, -0.15) is 4.98 Å². The number of pyridine rings is 2. The maximum absolute atomic E-state index is 15.5. The number of benzene rings is 2. The summed E-state index contributed by atoms with van der Waals surface area (Å²) in [6.07, 6.45) is 8.49. The molecule has 0 unspecified atom stereocenters. The fourth-order valence-electron chi connectivity index (χ4n) is 8.13. The number of ether oxygens (including phenoxy) is 6. The first-order chi connectivity index (χ1) is 40.7. The number of carboxylic acids is 1. The van der Waals surface area contributed by atoms with Gasteiger partial charge in [0.15, 0.2) is 28.7 Å². The molecule has 29 heteroatoms. The van der Waals surface area contributed by atoms with E-state index in [0.29, 0.717) is 80.2 Å². The summed E-state index contributed by atoms with van der Waals surface area (Å²) in [4.78, 5) is 72.4. The van der Waals surface area contributed by atoms with E-state index in [1.807, 2.05) is 6.20 Å². The molecule has 0 radical (unpaired) electrons. The maximum atomic E-state index is 15.5. The molecular formula is C55H59ClF2N16O10. The Hall–Kier alpha value is -8.98. The van der Waals surface area contributed by atoms with Crippen LogP contribution >= 0.6 is 11.6 Å². The molecule has 0 aliphatic heterocycles. The van der Waals surface area contributed by atoms with E-state index in [-0.39, 0.29) is 101 Å². The molecule has 84 heavy (non-hydrogen) atoms. The van der Waals surface area contributed by atoms with Crippen LogP contribution in [0.5, 0.6) is 6.01 Å². The minimum atomic E-state index is -1.29. The highest BCUT2D eigenvalue weighted by Crippen LogP contribution is 2.37. The molecule has 8 aromatic rings. The van der Waals surface area contributed by atoms with Gasteiger partial charge in [0.2, 0.25) is 5.95 Å². The fraction of sp³-hybridized carbons (Fsp3) is 0.364. The number of nitrogen functional groups attached to an aromatic ring is 1. The molecule has 2 atom stereocenters. The topological polar surface area (TPSA) is 330 Å². The van der Waals surface area contributed by atoms with Gasteiger partial charge in [-0.3, -0.25) is 19.3 Å². The van der Waals surface area contributed by atoms with E-state index in [0.717, 1.165) is 19.3 Å². The van der Waals surface area contributed by atoms with Crippen molar-refractivity contribution in [3.8, 4) is 17.3 Å². The van der Waals surface area contributed by atoms with Crippen LogP contribution in [0.1, 0.15) is 65.2 Å². The number of halogens is 3. The molecule has 2 aromatic carbocycles. The lowest BCUT2D eigenvalue weighted by atomic mass is 10.1. The van der Waals surface area contributed by atoms with Gasteiger partial charge in [0.05, 0.1) is 132 Å². The number of aryl methyl sites for hydroxylation is 2. The van der Waals surface area contributed by atoms with Crippen molar-refractivity contribution in [3.63, 3.8) is 0 Å². The monoisotopic (exact) mass is 1180 g/mol. The molecule has 0 fully saturated rings. The SMILES string of the molecule is [C-]#[N+]c1ccc(F)c([C@@H](C)Nc2c(Cl)c(C)nc3cc(F)c(-c4cnc(OCCCCCn5cc(COCCOCCOCCOCCOC[C@H](NC(=O)c6ccc(NCc7cnc8nc(N)[nH]c(=O)c8n7)cc6)C(=O)O)nn5)nc4)nc23)c1. The Balaban J connectivity index is 0.622. The van der Waals surface area contributed by atoms with Gasteiger partial charge in [0, 0.05) is 41.8 Å². The zero-order chi connectivity index (χ0) is 59.4. The molecule has 0 bridgehead atoms. The number of anilines is 3. The van der Waals surface area contributed by atoms with Crippen molar-refractivity contribution >= 4 is 68.7 Å². The van der Waals surface area contributed by atoms with Crippen molar-refractivity contribution < 1.29 is 51.9 Å². The van der Waals surface area contributed by atoms with Gasteiger partial charge in [-0.25, -0.2) is 48.3 Å². The van der Waals surface area contributed by atoms with E-state index in [2.05, 4.69) is 71.0 Å². The van der Waals surface area contributed by atoms with E-state index in [9.17, 15) is 23.9 Å². The minimum absolute atomic E-state index is 0.0385. The first-order valence-corrected chi connectivity index (χ1v) is 26.8. The van der Waals surface area contributed by atoms with Gasteiger partial charge in [-0.15, -0.1) is 5.10 Å². The number of nitrogens with two attached hydrogens (primary N) is 1. The lowest BCUT2D eigenvalue weighted by Gasteiger charge is -2.20. The summed E-state index contributed by atoms with van der Waals surface area (Å²) < 4.78 is 65.5. The number of fused-ring (bicyclic) bond motifs is 2. The third-order valence-corrected chi connectivity index (χ3v) is 12.9. The predicted molar refractivity (Wildman–Crippen MR) is 302 cm³/mol. The van der Waals surface area contributed by atoms with Gasteiger partial charge in [-0.1, -0.05) is 22.9 Å². The van der Waals surface area contributed by atoms with E-state index < -0.39 is 41.2 Å². The second kappa shape index (κ2) is 30.4. The predicted octanol–water partition coefficient (Wildman–Crippen LogP) is 6.58. The third kappa shape index (κ3) is 17.3. The number of unbranched alkanes of at least 4 members (excludes halogenated alkanes) is 2. The second-order valence-corrected chi connectivity index (χ2v) is 19.0. The number of carboxylic acid groups (broad SMARTS) is 1. The molecule has 6 aromatic heterocycles. The number of amides is 1. The summed E-state index contributed by atoms with van der Waals surface area (Å²) in [5.41, 5.74) is 9.30. The van der Waals surface area contributed by atoms with Gasteiger partial charge >= 0.3 is 12.0 Å². The first-order valence-electron chi connectivity index (χ1n) is 26.4. The second-order valence-electron chi connectivity index (χ2n) is 18.6. The zero-order valence-electron chi connectivity index (χ0n) is 45.6. The summed E-state index contributed by atoms with van der Waals surface area (Å²) in [5, 5.41) is 27.0. The molecule has 8 rings (SSSR count). The number of carbonyl (C=O) groups excluding carboxylic acids is 1. The van der Waals surface area contributed by atoms with Crippen molar-refractivity contribution in [2.24, 2.45) is 0 Å². The third-order valence-electron chi connectivity index (χ3n) is 12.4. The smallest absolute Gasteiger partial charge is 0.328 e. The van der Waals surface area contributed by atoms with Crippen LogP contribution < -0.4 is 32.0 Å². The molecule has 7 N–H and O–H groups in total. The number of carbonyl (C=O) groups is 2. The van der Waals surface area contributed by atoms with Crippen molar-refractivity contribution in [3.05, 3.63) is 140 Å². The molecule has 1 amide bonds. The number of H-pyrrole nitrogens is 1. The lowest BCUT2D eigenvalue weighted by Crippen LogP contribution is -2.44. The van der Waals surface area contributed by atoms with Crippen LogP contribution in [-0.4, -0.2) is 144 Å². The minimum Gasteiger partial charge on any atom is -0.480 e. The summed E-state index contributed by atoms with van der Waals surface area (Å²) in [5.74, 6) is -3.06. The van der Waals surface area contributed by atoms with E-state index in [1.54, 1.807) is 30.7 Å². The molecule has 6 heterocycles. The molecule has 0 saturated heterocycles. The Labute approximate surface area is 483 Å². The standard InChI is InChI=1S/C55H59ClF2N16O10/c1-32(40-23-37(60-3)11-12-41(40)57)66-48-45(56)33(2)65-43-24-42(58)46(69-47(43)48)35-25-63-55(64-26-35)84-14-6-4-5-13-74-29-39(72-73-74)30-82-21-19-80-17-15-79-16-18-81-20-22-83-31-44(53(77)78)68-51(75)34-7-9-36(10-8-34)61-27-38-28-62-50-49(67-38)52(76)71-54(59)70-50/h7-12,23-26,28-29,32,44,61H,4-6,13-22,27,30-31H2,1-2H3,(H,65,66)(H,68,75)(H,77,78)(H3,59,62,70,71,76)/t32-,44+/m1/s1. The molecule has 0 saturated carbocycles. The van der Waals surface area contributed by atoms with Crippen LogP contribution in [0.4, 0.5) is 31.8 Å². The highest BCUT2D eigenvalue weighted by atomic mass is 35.5. The molecule has 0 spiro atoms. The van der Waals surface area contributed by atoms with Gasteiger partial charge in [0.1, 0.15) is 22.7 Å². The quantitative estimate of drug-likeness (QED) is 0.0187. The number of aliphatic carboxylic acids is 1. The molecule has 440 valence electrons. The number of nitrogens with one attached hydrogen (secondary N) is 4. The average molecular weight is 1180 g/mol. The lowest BCUT2D eigenvalue weighted by molar-refractivity contribution is -0.141. The number of rotatable bonds is 33. The van der Waals surface area contributed by atoms with Crippen LogP contribution in [0.3, 0.4) is 0 Å². The summed E-state index contributed by atoms with van der Waals surface area (Å²) >= 11 is 6.68. The number of aromatic amines is 1. The zero-order valence-corrected chi connectivity index (χ0v) is 46.4. The van der Waals surface area contributed by atoms with E-state index in [1.165, 1.54) is 55.0 Å². The summed E-state index contributed by atoms with van der Waals surface area (Å²) in [6.45, 7) is 14.2. The van der Waals surface area contributed by atoms with Crippen molar-refractivity contribution in [1.82, 2.24) is 60.2 Å². The van der Waals surface area contributed by atoms with Gasteiger partial charge < -0.3 is 55.2 Å². The number of hydrogen-bond acceptors (Lipinski definition) is 21. The van der Waals surface area contributed by atoms with Crippen LogP contribution in [-0.2, 0) is 48.2 Å². The molecule has 26 nitrogen and oxygen atoms in total. The maximum Gasteiger partial charge on any atom is 0.328 e. The summed E-state index contributed by atoms with van der Waals surface area (Å²) in [7, 11) is 0. The Morgan fingerprint density at radius 2 is 1.55 bits per heavy atom.